The number of carbonyl (C=O) groups is 1. The molecule has 2 N–H and O–H groups in total. The van der Waals surface area contributed by atoms with Gasteiger partial charge >= 0.3 is 0 Å². The van der Waals surface area contributed by atoms with Crippen LogP contribution in [0, 0.1) is 0 Å². The average Bonchev–Trinajstić information content (AvgIpc) is 2.28. The zero-order valence-electron chi connectivity index (χ0n) is 9.00. The molecule has 1 fully saturated rings. The van der Waals surface area contributed by atoms with Gasteiger partial charge < -0.3 is 10.6 Å². The summed E-state index contributed by atoms with van der Waals surface area (Å²) >= 11 is 0. The van der Waals surface area contributed by atoms with E-state index in [0.29, 0.717) is 19.4 Å². The van der Waals surface area contributed by atoms with Crippen molar-refractivity contribution in [3.05, 3.63) is 11.3 Å². The summed E-state index contributed by atoms with van der Waals surface area (Å²) in [6.45, 7) is 2.43. The summed E-state index contributed by atoms with van der Waals surface area (Å²) in [6, 6.07) is 0. The van der Waals surface area contributed by atoms with E-state index in [9.17, 15) is 4.79 Å². The fourth-order valence-electron chi connectivity index (χ4n) is 1.58. The lowest BCUT2D eigenvalue weighted by molar-refractivity contribution is -0.129. The topological polar surface area (TPSA) is 58.7 Å². The molecule has 1 rings (SSSR count). The minimum atomic E-state index is 0.155. The Bertz CT molecular complexity index is 300. The maximum Gasteiger partial charge on any atom is 0.223 e. The number of likely N-dealkylation sites (N-methyl/N-ethyl adjacent to an activating group) is 1. The molecule has 0 spiro atoms. The molecule has 4 nitrogen and oxygen atoms in total. The van der Waals surface area contributed by atoms with Crippen LogP contribution in [0.1, 0.15) is 19.8 Å². The maximum atomic E-state index is 11.5. The molecule has 1 saturated heterocycles. The second-order valence-electron chi connectivity index (χ2n) is 3.58. The van der Waals surface area contributed by atoms with Crippen molar-refractivity contribution in [2.45, 2.75) is 19.8 Å². The molecule has 78 valence electrons. The quantitative estimate of drug-likeness (QED) is 0.613. The van der Waals surface area contributed by atoms with E-state index in [1.165, 1.54) is 0 Å². The average molecular weight is 195 g/mol. The van der Waals surface area contributed by atoms with Crippen molar-refractivity contribution in [2.24, 2.45) is 10.7 Å². The molecule has 0 aromatic carbocycles. The number of aliphatic imine (C=N–C) groups is 1. The second-order valence-corrected chi connectivity index (χ2v) is 3.58. The van der Waals surface area contributed by atoms with Crippen LogP contribution in [-0.4, -0.2) is 37.2 Å². The zero-order valence-corrected chi connectivity index (χ0v) is 9.00. The summed E-state index contributed by atoms with van der Waals surface area (Å²) < 4.78 is 0. The molecule has 0 aromatic heterocycles. The smallest absolute Gasteiger partial charge is 0.223 e. The molecule has 4 heteroatoms. The number of nitrogens with zero attached hydrogens (tertiary/aromatic N) is 2. The summed E-state index contributed by atoms with van der Waals surface area (Å²) in [6.07, 6.45) is 1.23. The van der Waals surface area contributed by atoms with Crippen molar-refractivity contribution < 1.29 is 4.79 Å². The largest absolute Gasteiger partial charge is 0.402 e. The Morgan fingerprint density at radius 2 is 2.14 bits per heavy atom. The minimum Gasteiger partial charge on any atom is -0.402 e. The van der Waals surface area contributed by atoms with E-state index in [4.69, 9.17) is 5.73 Å². The Hall–Kier alpha value is -1.32. The molecule has 1 amide bonds. The van der Waals surface area contributed by atoms with Gasteiger partial charge in [0.05, 0.1) is 0 Å². The van der Waals surface area contributed by atoms with Crippen molar-refractivity contribution in [2.75, 3.05) is 20.6 Å². The number of allylic oxidation sites excluding steroid dienone is 1. The predicted molar refractivity (Wildman–Crippen MR) is 57.1 cm³/mol. The third kappa shape index (κ3) is 2.13. The summed E-state index contributed by atoms with van der Waals surface area (Å²) in [4.78, 5) is 17.3. The molecular weight excluding hydrogens is 178 g/mol. The van der Waals surface area contributed by atoms with E-state index in [1.54, 1.807) is 19.0 Å². The molecule has 0 radical (unpaired) electrons. The second kappa shape index (κ2) is 4.26. The summed E-state index contributed by atoms with van der Waals surface area (Å²) in [5, 5.41) is 0. The Morgan fingerprint density at radius 1 is 1.50 bits per heavy atom. The van der Waals surface area contributed by atoms with E-state index < -0.39 is 0 Å². The molecule has 14 heavy (non-hydrogen) atoms. The van der Waals surface area contributed by atoms with Gasteiger partial charge in [-0.3, -0.25) is 9.79 Å². The Morgan fingerprint density at radius 3 is 2.64 bits per heavy atom. The van der Waals surface area contributed by atoms with Crippen LogP contribution >= 0.6 is 0 Å². The zero-order chi connectivity index (χ0) is 10.7. The summed E-state index contributed by atoms with van der Waals surface area (Å²) in [7, 11) is 3.54. The highest BCUT2D eigenvalue weighted by atomic mass is 16.2. The molecule has 1 aliphatic heterocycles. The van der Waals surface area contributed by atoms with Gasteiger partial charge in [0.1, 0.15) is 0 Å². The summed E-state index contributed by atoms with van der Waals surface area (Å²) in [5.41, 5.74) is 8.49. The van der Waals surface area contributed by atoms with E-state index >= 15 is 0 Å². The molecule has 0 unspecified atom stereocenters. The van der Waals surface area contributed by atoms with E-state index in [1.807, 2.05) is 6.92 Å². The Labute approximate surface area is 84.5 Å². The highest BCUT2D eigenvalue weighted by molar-refractivity contribution is 6.04. The minimum absolute atomic E-state index is 0.155. The summed E-state index contributed by atoms with van der Waals surface area (Å²) in [5.74, 6) is 0.155. The third-order valence-electron chi connectivity index (χ3n) is 2.49. The number of rotatable bonds is 0. The number of hydrogen-bond acceptors (Lipinski definition) is 3. The first-order valence-corrected chi connectivity index (χ1v) is 4.71. The van der Waals surface area contributed by atoms with Crippen molar-refractivity contribution in [3.8, 4) is 0 Å². The number of likely N-dealkylation sites (tertiary alicyclic amines) is 1. The number of nitrogens with two attached hydrogens (primary N) is 1. The van der Waals surface area contributed by atoms with Crippen molar-refractivity contribution >= 4 is 11.6 Å². The van der Waals surface area contributed by atoms with Crippen molar-refractivity contribution in [1.82, 2.24) is 4.90 Å². The van der Waals surface area contributed by atoms with Gasteiger partial charge in [-0.15, -0.1) is 0 Å². The molecule has 0 saturated carbocycles. The number of amides is 1. The highest BCUT2D eigenvalue weighted by Gasteiger charge is 2.20. The van der Waals surface area contributed by atoms with Gasteiger partial charge in [-0.05, 0) is 13.3 Å². The molecule has 1 aliphatic rings. The third-order valence-corrected chi connectivity index (χ3v) is 2.49. The fourth-order valence-corrected chi connectivity index (χ4v) is 1.58. The lowest BCUT2D eigenvalue weighted by Crippen LogP contribution is -2.27. The van der Waals surface area contributed by atoms with E-state index in [-0.39, 0.29) is 5.91 Å². The Balaban J connectivity index is 3.02. The van der Waals surface area contributed by atoms with Gasteiger partial charge in [-0.2, -0.15) is 0 Å². The lowest BCUT2D eigenvalue weighted by atomic mass is 10.1. The SMILES string of the molecule is CN=C1CCC(=O)N(C)CC1=C(C)N. The lowest BCUT2D eigenvalue weighted by Gasteiger charge is -2.15. The molecule has 0 aromatic rings. The van der Waals surface area contributed by atoms with Gasteiger partial charge in [-0.1, -0.05) is 0 Å². The number of hydrogen-bond donors (Lipinski definition) is 1. The van der Waals surface area contributed by atoms with Crippen LogP contribution in [0.15, 0.2) is 16.3 Å². The van der Waals surface area contributed by atoms with Crippen molar-refractivity contribution in [3.63, 3.8) is 0 Å². The maximum absolute atomic E-state index is 11.5. The normalized spacial score (nSPS) is 25.2. The van der Waals surface area contributed by atoms with Crippen LogP contribution < -0.4 is 5.73 Å². The van der Waals surface area contributed by atoms with Crippen molar-refractivity contribution in [1.29, 1.82) is 0 Å². The van der Waals surface area contributed by atoms with Gasteiger partial charge in [0, 0.05) is 44.0 Å². The molecular formula is C10H17N3O. The fraction of sp³-hybridized carbons (Fsp3) is 0.600. The first kappa shape index (κ1) is 10.8. The first-order valence-electron chi connectivity index (χ1n) is 4.71. The molecule has 0 aliphatic carbocycles. The Kier molecular flexibility index (Phi) is 3.28. The van der Waals surface area contributed by atoms with Crippen LogP contribution in [0.2, 0.25) is 0 Å². The monoisotopic (exact) mass is 195 g/mol. The molecule has 0 atom stereocenters. The van der Waals surface area contributed by atoms with Gasteiger partial charge in [0.15, 0.2) is 0 Å². The van der Waals surface area contributed by atoms with Crippen LogP contribution in [-0.2, 0) is 4.79 Å². The van der Waals surface area contributed by atoms with E-state index in [2.05, 4.69) is 4.99 Å². The molecule has 1 heterocycles. The van der Waals surface area contributed by atoms with Crippen LogP contribution in [0.5, 0.6) is 0 Å². The first-order chi connectivity index (χ1) is 6.56. The van der Waals surface area contributed by atoms with Gasteiger partial charge in [0.2, 0.25) is 5.91 Å². The van der Waals surface area contributed by atoms with Crippen LogP contribution in [0.4, 0.5) is 0 Å². The number of carbonyl (C=O) groups excluding carboxylic acids is 1. The van der Waals surface area contributed by atoms with Crippen LogP contribution in [0.3, 0.4) is 0 Å². The highest BCUT2D eigenvalue weighted by Crippen LogP contribution is 2.15. The van der Waals surface area contributed by atoms with Crippen LogP contribution in [0.25, 0.3) is 0 Å². The standard InChI is InChI=1S/C10H17N3O/c1-7(11)8-6-13(3)10(14)5-4-9(8)12-2/h4-6,11H2,1-3H3. The van der Waals surface area contributed by atoms with E-state index in [0.717, 1.165) is 17.0 Å². The molecule has 0 bridgehead atoms. The van der Waals surface area contributed by atoms with Gasteiger partial charge in [0.25, 0.3) is 0 Å². The van der Waals surface area contributed by atoms with Gasteiger partial charge in [-0.25, -0.2) is 0 Å². The predicted octanol–water partition coefficient (Wildman–Crippen LogP) is 0.542.